The number of nitrogens with zero attached hydrogens (tertiary/aromatic N) is 2. The topological polar surface area (TPSA) is 81.1 Å². The van der Waals surface area contributed by atoms with Gasteiger partial charge < -0.3 is 5.32 Å². The summed E-state index contributed by atoms with van der Waals surface area (Å²) >= 11 is 12.4. The number of aryl methyl sites for hydroxylation is 1. The molecule has 3 aromatic rings. The van der Waals surface area contributed by atoms with Crippen LogP contribution in [0.25, 0.3) is 6.08 Å². The molecule has 0 spiro atoms. The van der Waals surface area contributed by atoms with E-state index < -0.39 is 15.7 Å². The van der Waals surface area contributed by atoms with Crippen molar-refractivity contribution < 1.29 is 13.2 Å². The largest absolute Gasteiger partial charge is 0.322 e. The van der Waals surface area contributed by atoms with Crippen LogP contribution >= 0.6 is 23.2 Å². The minimum atomic E-state index is -3.36. The second-order valence-corrected chi connectivity index (χ2v) is 9.51. The van der Waals surface area contributed by atoms with Crippen LogP contribution in [0.5, 0.6) is 0 Å². The Kier molecular flexibility index (Phi) is 6.65. The number of hydrogen-bond acceptors (Lipinski definition) is 4. The minimum Gasteiger partial charge on any atom is -0.322 e. The van der Waals surface area contributed by atoms with E-state index in [-0.39, 0.29) is 4.90 Å². The molecule has 0 aliphatic carbocycles. The average molecular weight is 464 g/mol. The lowest BCUT2D eigenvalue weighted by molar-refractivity contribution is -0.111. The average Bonchev–Trinajstić information content (AvgIpc) is 2.94. The molecule has 1 aromatic heterocycles. The van der Waals surface area contributed by atoms with Crippen molar-refractivity contribution in [2.24, 2.45) is 0 Å². The molecule has 0 bridgehead atoms. The second kappa shape index (κ2) is 9.04. The van der Waals surface area contributed by atoms with Gasteiger partial charge in [0.2, 0.25) is 5.91 Å². The number of aromatic nitrogens is 2. The summed E-state index contributed by atoms with van der Waals surface area (Å²) in [4.78, 5) is 12.4. The third kappa shape index (κ3) is 5.50. The quantitative estimate of drug-likeness (QED) is 0.541. The standard InChI is InChI=1S/C21H19Cl2N3O3S/c1-14-19(21(23)26(25-14)13-15-6-8-16(22)9-7-15)10-11-20(27)24-17-4-3-5-18(12-17)30(2,28)29/h3-12H,13H2,1-2H3,(H,24,27)/b11-10+. The number of nitrogens with one attached hydrogen (secondary N) is 1. The van der Waals surface area contributed by atoms with E-state index in [1.54, 1.807) is 41.9 Å². The van der Waals surface area contributed by atoms with Crippen molar-refractivity contribution in [2.45, 2.75) is 18.4 Å². The van der Waals surface area contributed by atoms with Crippen LogP contribution in [0, 0.1) is 6.92 Å². The Hall–Kier alpha value is -2.61. The van der Waals surface area contributed by atoms with Gasteiger partial charge in [0.25, 0.3) is 0 Å². The molecule has 0 fully saturated rings. The van der Waals surface area contributed by atoms with Crippen LogP contribution in [0.15, 0.2) is 59.5 Å². The van der Waals surface area contributed by atoms with Gasteiger partial charge >= 0.3 is 0 Å². The molecule has 0 atom stereocenters. The molecule has 156 valence electrons. The van der Waals surface area contributed by atoms with Gasteiger partial charge in [0.05, 0.1) is 17.1 Å². The first-order valence-electron chi connectivity index (χ1n) is 8.90. The Bertz CT molecular complexity index is 1220. The van der Waals surface area contributed by atoms with Crippen molar-refractivity contribution in [3.05, 3.63) is 81.6 Å². The van der Waals surface area contributed by atoms with Crippen LogP contribution in [-0.2, 0) is 21.2 Å². The molecule has 0 aliphatic rings. The Morgan fingerprint density at radius 3 is 2.53 bits per heavy atom. The molecule has 1 amide bonds. The summed E-state index contributed by atoms with van der Waals surface area (Å²) in [5.41, 5.74) is 2.68. The molecule has 6 nitrogen and oxygen atoms in total. The fourth-order valence-electron chi connectivity index (χ4n) is 2.77. The highest BCUT2D eigenvalue weighted by atomic mass is 35.5. The van der Waals surface area contributed by atoms with Crippen LogP contribution in [0.2, 0.25) is 10.2 Å². The molecule has 3 rings (SSSR count). The lowest BCUT2D eigenvalue weighted by Gasteiger charge is -2.05. The second-order valence-electron chi connectivity index (χ2n) is 6.70. The van der Waals surface area contributed by atoms with Crippen molar-refractivity contribution in [1.29, 1.82) is 0 Å². The molecule has 0 saturated heterocycles. The number of benzene rings is 2. The number of hydrogen-bond donors (Lipinski definition) is 1. The molecular weight excluding hydrogens is 445 g/mol. The van der Waals surface area contributed by atoms with Gasteiger partial charge in [0.15, 0.2) is 9.84 Å². The van der Waals surface area contributed by atoms with E-state index in [1.807, 2.05) is 12.1 Å². The fraction of sp³-hybridized carbons (Fsp3) is 0.143. The molecule has 2 aromatic carbocycles. The first-order chi connectivity index (χ1) is 14.1. The maximum atomic E-state index is 12.3. The number of sulfone groups is 1. The maximum absolute atomic E-state index is 12.3. The van der Waals surface area contributed by atoms with E-state index in [2.05, 4.69) is 10.4 Å². The summed E-state index contributed by atoms with van der Waals surface area (Å²) in [7, 11) is -3.36. The van der Waals surface area contributed by atoms with Crippen LogP contribution in [0.3, 0.4) is 0 Å². The summed E-state index contributed by atoms with van der Waals surface area (Å²) in [5, 5.41) is 8.13. The Labute approximate surface area is 185 Å². The predicted molar refractivity (Wildman–Crippen MR) is 120 cm³/mol. The third-order valence-electron chi connectivity index (χ3n) is 4.29. The zero-order chi connectivity index (χ0) is 21.9. The van der Waals surface area contributed by atoms with Crippen molar-refractivity contribution in [3.8, 4) is 0 Å². The van der Waals surface area contributed by atoms with Gasteiger partial charge in [-0.2, -0.15) is 5.10 Å². The van der Waals surface area contributed by atoms with Gasteiger partial charge in [-0.3, -0.25) is 4.79 Å². The molecule has 0 saturated carbocycles. The number of carbonyl (C=O) groups excluding carboxylic acids is 1. The lowest BCUT2D eigenvalue weighted by Crippen LogP contribution is -2.08. The Morgan fingerprint density at radius 1 is 1.17 bits per heavy atom. The SMILES string of the molecule is Cc1nn(Cc2ccc(Cl)cc2)c(Cl)c1/C=C/C(=O)Nc1cccc(S(C)(=O)=O)c1. The first kappa shape index (κ1) is 22.1. The molecular formula is C21H19Cl2N3O3S. The van der Waals surface area contributed by atoms with Gasteiger partial charge in [-0.05, 0) is 48.9 Å². The highest BCUT2D eigenvalue weighted by molar-refractivity contribution is 7.90. The van der Waals surface area contributed by atoms with E-state index in [9.17, 15) is 13.2 Å². The maximum Gasteiger partial charge on any atom is 0.248 e. The van der Waals surface area contributed by atoms with Crippen molar-refractivity contribution in [1.82, 2.24) is 9.78 Å². The van der Waals surface area contributed by atoms with E-state index in [0.29, 0.717) is 33.7 Å². The molecule has 1 N–H and O–H groups in total. The van der Waals surface area contributed by atoms with Crippen LogP contribution in [0.4, 0.5) is 5.69 Å². The summed E-state index contributed by atoms with van der Waals surface area (Å²) < 4.78 is 24.9. The highest BCUT2D eigenvalue weighted by Gasteiger charge is 2.12. The normalized spacial score (nSPS) is 11.7. The van der Waals surface area contributed by atoms with Crippen LogP contribution in [-0.4, -0.2) is 30.4 Å². The number of halogens is 2. The fourth-order valence-corrected chi connectivity index (χ4v) is 3.86. The summed E-state index contributed by atoms with van der Waals surface area (Å²) in [5.74, 6) is -0.415. The van der Waals surface area contributed by atoms with Crippen molar-refractivity contribution in [3.63, 3.8) is 0 Å². The van der Waals surface area contributed by atoms with E-state index in [4.69, 9.17) is 23.2 Å². The number of anilines is 1. The van der Waals surface area contributed by atoms with Gasteiger partial charge in [0, 0.05) is 28.6 Å². The molecule has 0 aliphatic heterocycles. The summed E-state index contributed by atoms with van der Waals surface area (Å²) in [6.07, 6.45) is 4.02. The van der Waals surface area contributed by atoms with Crippen LogP contribution < -0.4 is 5.32 Å². The first-order valence-corrected chi connectivity index (χ1v) is 11.5. The molecule has 0 radical (unpaired) electrons. The smallest absolute Gasteiger partial charge is 0.248 e. The number of amides is 1. The van der Waals surface area contributed by atoms with Gasteiger partial charge in [-0.1, -0.05) is 41.4 Å². The van der Waals surface area contributed by atoms with E-state index >= 15 is 0 Å². The monoisotopic (exact) mass is 463 g/mol. The zero-order valence-corrected chi connectivity index (χ0v) is 18.6. The minimum absolute atomic E-state index is 0.131. The molecule has 30 heavy (non-hydrogen) atoms. The summed E-state index contributed by atoms with van der Waals surface area (Å²) in [6.45, 7) is 2.27. The lowest BCUT2D eigenvalue weighted by atomic mass is 10.2. The van der Waals surface area contributed by atoms with Crippen LogP contribution in [0.1, 0.15) is 16.8 Å². The number of carbonyl (C=O) groups is 1. The molecule has 1 heterocycles. The molecule has 0 unspecified atom stereocenters. The summed E-state index contributed by atoms with van der Waals surface area (Å²) in [6, 6.07) is 13.4. The van der Waals surface area contributed by atoms with Gasteiger partial charge in [-0.25, -0.2) is 13.1 Å². The Morgan fingerprint density at radius 2 is 1.87 bits per heavy atom. The zero-order valence-electron chi connectivity index (χ0n) is 16.3. The van der Waals surface area contributed by atoms with Gasteiger partial charge in [-0.15, -0.1) is 0 Å². The highest BCUT2D eigenvalue weighted by Crippen LogP contribution is 2.23. The van der Waals surface area contributed by atoms with E-state index in [0.717, 1.165) is 11.8 Å². The molecule has 9 heteroatoms. The van der Waals surface area contributed by atoms with E-state index in [1.165, 1.54) is 18.2 Å². The van der Waals surface area contributed by atoms with Crippen molar-refractivity contribution in [2.75, 3.05) is 11.6 Å². The Balaban J connectivity index is 1.73. The predicted octanol–water partition coefficient (Wildman–Crippen LogP) is 4.60. The van der Waals surface area contributed by atoms with Gasteiger partial charge in [0.1, 0.15) is 5.15 Å². The third-order valence-corrected chi connectivity index (χ3v) is 6.05. The number of rotatable bonds is 6. The van der Waals surface area contributed by atoms with Crippen molar-refractivity contribution >= 4 is 50.7 Å².